The monoisotopic (exact) mass is 332 g/mol. The Kier molecular flexibility index (Phi) is 4.06. The van der Waals surface area contributed by atoms with E-state index in [0.29, 0.717) is 11.4 Å². The second-order valence-corrected chi connectivity index (χ2v) is 7.29. The van der Waals surface area contributed by atoms with Crippen molar-refractivity contribution in [3.05, 3.63) is 54.1 Å². The zero-order valence-electron chi connectivity index (χ0n) is 12.5. The average molecular weight is 332 g/mol. The molecule has 2 aromatic carbocycles. The van der Waals surface area contributed by atoms with Gasteiger partial charge in [0, 0.05) is 13.6 Å². The SMILES string of the molecule is CN(Cc1ccccc1)S(=O)(=O)c1ccc2c(c1)NC(=O)CO2. The quantitative estimate of drug-likeness (QED) is 0.927. The van der Waals surface area contributed by atoms with Gasteiger partial charge in [0.25, 0.3) is 5.91 Å². The fourth-order valence-corrected chi connectivity index (χ4v) is 3.51. The second-order valence-electron chi connectivity index (χ2n) is 5.24. The third-order valence-corrected chi connectivity index (χ3v) is 5.34. The normalized spacial score (nSPS) is 14.1. The van der Waals surface area contributed by atoms with Crippen LogP contribution in [0.2, 0.25) is 0 Å². The van der Waals surface area contributed by atoms with Gasteiger partial charge in [-0.15, -0.1) is 0 Å². The lowest BCUT2D eigenvalue weighted by molar-refractivity contribution is -0.118. The van der Waals surface area contributed by atoms with E-state index in [1.54, 1.807) is 6.07 Å². The van der Waals surface area contributed by atoms with E-state index in [1.807, 2.05) is 30.3 Å². The van der Waals surface area contributed by atoms with Crippen LogP contribution in [0.1, 0.15) is 5.56 Å². The Morgan fingerprint density at radius 2 is 1.91 bits per heavy atom. The van der Waals surface area contributed by atoms with E-state index in [4.69, 9.17) is 4.74 Å². The lowest BCUT2D eigenvalue weighted by atomic mass is 10.2. The number of rotatable bonds is 4. The summed E-state index contributed by atoms with van der Waals surface area (Å²) in [5.41, 5.74) is 1.27. The summed E-state index contributed by atoms with van der Waals surface area (Å²) < 4.78 is 31.9. The molecule has 0 bridgehead atoms. The molecule has 0 radical (unpaired) electrons. The minimum absolute atomic E-state index is 0.0625. The topological polar surface area (TPSA) is 75.7 Å². The van der Waals surface area contributed by atoms with Crippen LogP contribution in [0.25, 0.3) is 0 Å². The molecule has 0 aliphatic carbocycles. The Labute approximate surface area is 134 Å². The fourth-order valence-electron chi connectivity index (χ4n) is 2.33. The highest BCUT2D eigenvalue weighted by Gasteiger charge is 2.24. The number of nitrogens with one attached hydrogen (secondary N) is 1. The summed E-state index contributed by atoms with van der Waals surface area (Å²) in [6, 6.07) is 13.8. The summed E-state index contributed by atoms with van der Waals surface area (Å²) in [4.78, 5) is 11.5. The Morgan fingerprint density at radius 1 is 1.17 bits per heavy atom. The molecule has 6 nitrogen and oxygen atoms in total. The molecule has 0 spiro atoms. The van der Waals surface area contributed by atoms with E-state index >= 15 is 0 Å². The molecule has 1 aliphatic rings. The zero-order chi connectivity index (χ0) is 16.4. The van der Waals surface area contributed by atoms with Crippen LogP contribution < -0.4 is 10.1 Å². The highest BCUT2D eigenvalue weighted by molar-refractivity contribution is 7.89. The molecule has 0 atom stereocenters. The van der Waals surface area contributed by atoms with Gasteiger partial charge in [0.2, 0.25) is 10.0 Å². The second kappa shape index (κ2) is 6.02. The predicted molar refractivity (Wildman–Crippen MR) is 85.7 cm³/mol. The van der Waals surface area contributed by atoms with Crippen LogP contribution in [0.15, 0.2) is 53.4 Å². The van der Waals surface area contributed by atoms with Crippen molar-refractivity contribution in [2.75, 3.05) is 19.0 Å². The van der Waals surface area contributed by atoms with Gasteiger partial charge >= 0.3 is 0 Å². The van der Waals surface area contributed by atoms with Crippen LogP contribution in [0, 0.1) is 0 Å². The van der Waals surface area contributed by atoms with Gasteiger partial charge in [-0.3, -0.25) is 4.79 Å². The van der Waals surface area contributed by atoms with Gasteiger partial charge < -0.3 is 10.1 Å². The Balaban J connectivity index is 1.87. The lowest BCUT2D eigenvalue weighted by Gasteiger charge is -2.21. The van der Waals surface area contributed by atoms with Gasteiger partial charge in [-0.1, -0.05) is 30.3 Å². The molecule has 1 N–H and O–H groups in total. The molecule has 120 valence electrons. The molecule has 1 heterocycles. The largest absolute Gasteiger partial charge is 0.482 e. The molecule has 1 amide bonds. The van der Waals surface area contributed by atoms with Crippen molar-refractivity contribution < 1.29 is 17.9 Å². The minimum atomic E-state index is -3.66. The molecule has 0 aromatic heterocycles. The fraction of sp³-hybridized carbons (Fsp3) is 0.188. The number of fused-ring (bicyclic) bond motifs is 1. The van der Waals surface area contributed by atoms with E-state index in [2.05, 4.69) is 5.32 Å². The number of carbonyl (C=O) groups excluding carboxylic acids is 1. The maximum absolute atomic E-state index is 12.7. The van der Waals surface area contributed by atoms with Crippen molar-refractivity contribution in [2.45, 2.75) is 11.4 Å². The number of hydrogen-bond acceptors (Lipinski definition) is 4. The van der Waals surface area contributed by atoms with Gasteiger partial charge in [0.05, 0.1) is 10.6 Å². The van der Waals surface area contributed by atoms with Crippen molar-refractivity contribution in [1.82, 2.24) is 4.31 Å². The minimum Gasteiger partial charge on any atom is -0.482 e. The molecule has 0 saturated heterocycles. The van der Waals surface area contributed by atoms with Crippen LogP contribution >= 0.6 is 0 Å². The summed E-state index contributed by atoms with van der Waals surface area (Å²) in [5, 5.41) is 2.61. The Morgan fingerprint density at radius 3 is 2.65 bits per heavy atom. The summed E-state index contributed by atoms with van der Waals surface area (Å²) in [6.45, 7) is 0.204. The van der Waals surface area contributed by atoms with Crippen LogP contribution in [-0.2, 0) is 21.4 Å². The number of nitrogens with zero attached hydrogens (tertiary/aromatic N) is 1. The van der Waals surface area contributed by atoms with Crippen LogP contribution in [0.4, 0.5) is 5.69 Å². The zero-order valence-corrected chi connectivity index (χ0v) is 13.3. The number of ether oxygens (including phenoxy) is 1. The van der Waals surface area contributed by atoms with E-state index in [9.17, 15) is 13.2 Å². The highest BCUT2D eigenvalue weighted by Crippen LogP contribution is 2.31. The summed E-state index contributed by atoms with van der Waals surface area (Å²) in [6.07, 6.45) is 0. The van der Waals surface area contributed by atoms with Crippen molar-refractivity contribution >= 4 is 21.6 Å². The number of sulfonamides is 1. The molecular weight excluding hydrogens is 316 g/mol. The molecule has 0 fully saturated rings. The predicted octanol–water partition coefficient (Wildman–Crippen LogP) is 1.84. The van der Waals surface area contributed by atoms with Crippen molar-refractivity contribution in [3.63, 3.8) is 0 Å². The number of amides is 1. The lowest BCUT2D eigenvalue weighted by Crippen LogP contribution is -2.28. The van der Waals surface area contributed by atoms with E-state index in [1.165, 1.54) is 23.5 Å². The first-order valence-corrected chi connectivity index (χ1v) is 8.48. The van der Waals surface area contributed by atoms with Crippen molar-refractivity contribution in [3.8, 4) is 5.75 Å². The molecular formula is C16H16N2O4S. The third-order valence-electron chi connectivity index (χ3n) is 3.54. The van der Waals surface area contributed by atoms with Gasteiger partial charge in [0.15, 0.2) is 6.61 Å². The molecule has 0 unspecified atom stereocenters. The van der Waals surface area contributed by atoms with Crippen LogP contribution in [0.5, 0.6) is 5.75 Å². The van der Waals surface area contributed by atoms with Crippen molar-refractivity contribution in [1.29, 1.82) is 0 Å². The van der Waals surface area contributed by atoms with E-state index < -0.39 is 10.0 Å². The Bertz CT molecular complexity index is 834. The standard InChI is InChI=1S/C16H16N2O4S/c1-18(10-12-5-3-2-4-6-12)23(20,21)13-7-8-15-14(9-13)17-16(19)11-22-15/h2-9H,10-11H2,1H3,(H,17,19). The van der Waals surface area contributed by atoms with Crippen LogP contribution in [-0.4, -0.2) is 32.3 Å². The van der Waals surface area contributed by atoms with Gasteiger partial charge in [-0.2, -0.15) is 4.31 Å². The maximum Gasteiger partial charge on any atom is 0.262 e. The number of benzene rings is 2. The van der Waals surface area contributed by atoms with Gasteiger partial charge in [-0.05, 0) is 23.8 Å². The Hall–Kier alpha value is -2.38. The van der Waals surface area contributed by atoms with E-state index in [-0.39, 0.29) is 24.0 Å². The first-order chi connectivity index (χ1) is 11.0. The highest BCUT2D eigenvalue weighted by atomic mass is 32.2. The molecule has 23 heavy (non-hydrogen) atoms. The van der Waals surface area contributed by atoms with Gasteiger partial charge in [0.1, 0.15) is 5.75 Å². The third kappa shape index (κ3) is 3.20. The molecule has 7 heteroatoms. The molecule has 0 saturated carbocycles. The smallest absolute Gasteiger partial charge is 0.262 e. The maximum atomic E-state index is 12.7. The van der Waals surface area contributed by atoms with E-state index in [0.717, 1.165) is 5.56 Å². The summed E-state index contributed by atoms with van der Waals surface area (Å²) >= 11 is 0. The first-order valence-electron chi connectivity index (χ1n) is 7.04. The summed E-state index contributed by atoms with van der Waals surface area (Å²) in [5.74, 6) is 0.166. The van der Waals surface area contributed by atoms with Crippen molar-refractivity contribution in [2.24, 2.45) is 0 Å². The molecule has 2 aromatic rings. The van der Waals surface area contributed by atoms with Crippen LogP contribution in [0.3, 0.4) is 0 Å². The number of carbonyl (C=O) groups is 1. The first kappa shape index (κ1) is 15.5. The van der Waals surface area contributed by atoms with Gasteiger partial charge in [-0.25, -0.2) is 8.42 Å². The molecule has 1 aliphatic heterocycles. The number of hydrogen-bond donors (Lipinski definition) is 1. The average Bonchev–Trinajstić information content (AvgIpc) is 2.55. The molecule has 3 rings (SSSR count). The summed E-state index contributed by atoms with van der Waals surface area (Å²) in [7, 11) is -2.14. The number of anilines is 1.